The van der Waals surface area contributed by atoms with Gasteiger partial charge in [0.15, 0.2) is 5.96 Å². The van der Waals surface area contributed by atoms with Crippen LogP contribution in [-0.4, -0.2) is 35.4 Å². The maximum Gasteiger partial charge on any atom is 0.391 e. The lowest BCUT2D eigenvalue weighted by Crippen LogP contribution is -2.45. The van der Waals surface area contributed by atoms with Crippen LogP contribution in [0.1, 0.15) is 31.6 Å². The van der Waals surface area contributed by atoms with Crippen LogP contribution >= 0.6 is 35.6 Å². The monoisotopic (exact) mass is 543 g/mol. The van der Waals surface area contributed by atoms with Gasteiger partial charge in [-0.05, 0) is 37.8 Å². The van der Waals surface area contributed by atoms with Crippen LogP contribution < -0.4 is 10.6 Å². The molecule has 0 amide bonds. The van der Waals surface area contributed by atoms with Gasteiger partial charge in [0.1, 0.15) is 0 Å². The molecule has 0 unspecified atom stereocenters. The van der Waals surface area contributed by atoms with E-state index >= 15 is 0 Å². The van der Waals surface area contributed by atoms with Crippen LogP contribution in [0.3, 0.4) is 0 Å². The first-order valence-corrected chi connectivity index (χ1v) is 9.35. The van der Waals surface area contributed by atoms with E-state index in [1.165, 1.54) is 0 Å². The van der Waals surface area contributed by atoms with Crippen molar-refractivity contribution < 1.29 is 17.7 Å². The van der Waals surface area contributed by atoms with Crippen molar-refractivity contribution in [3.05, 3.63) is 35.2 Å². The Morgan fingerprint density at radius 3 is 2.62 bits per heavy atom. The summed E-state index contributed by atoms with van der Waals surface area (Å²) in [7, 11) is 1.60. The van der Waals surface area contributed by atoms with Crippen LogP contribution in [0.15, 0.2) is 33.8 Å². The lowest BCUT2D eigenvalue weighted by atomic mass is 9.85. The molecule has 0 aliphatic heterocycles. The third-order valence-corrected chi connectivity index (χ3v) is 4.95. The van der Waals surface area contributed by atoms with E-state index in [1.807, 2.05) is 6.07 Å². The van der Waals surface area contributed by atoms with Crippen LogP contribution in [-0.2, 0) is 6.54 Å². The summed E-state index contributed by atoms with van der Waals surface area (Å²) >= 11 is 5.96. The Hall–Kier alpha value is -1.56. The van der Waals surface area contributed by atoms with Gasteiger partial charge in [-0.1, -0.05) is 28.9 Å². The van der Waals surface area contributed by atoms with Crippen molar-refractivity contribution in [3.8, 4) is 11.4 Å². The number of alkyl halides is 3. The van der Waals surface area contributed by atoms with Gasteiger partial charge < -0.3 is 15.2 Å². The number of rotatable bonds is 4. The molecule has 0 atom stereocenters. The molecule has 1 aliphatic carbocycles. The highest BCUT2D eigenvalue weighted by Crippen LogP contribution is 2.37. The summed E-state index contributed by atoms with van der Waals surface area (Å²) in [5, 5.41) is 10.7. The van der Waals surface area contributed by atoms with E-state index < -0.39 is 12.1 Å². The molecule has 1 aromatic heterocycles. The number of hydrogen-bond donors (Lipinski definition) is 2. The van der Waals surface area contributed by atoms with Crippen LogP contribution in [0.2, 0.25) is 5.02 Å². The SMILES string of the molecule is CN=C(NCc1nc(-c2cccc(Cl)c2)no1)NC1CCC(C(F)(F)F)CC1.I. The molecule has 0 spiro atoms. The molecule has 1 aromatic carbocycles. The highest BCUT2D eigenvalue weighted by Gasteiger charge is 2.41. The molecular weight excluding hydrogens is 522 g/mol. The molecule has 0 saturated heterocycles. The second-order valence-electron chi connectivity index (χ2n) is 6.68. The minimum Gasteiger partial charge on any atom is -0.354 e. The number of aromatic nitrogens is 2. The van der Waals surface area contributed by atoms with Crippen molar-refractivity contribution in [2.24, 2.45) is 10.9 Å². The lowest BCUT2D eigenvalue weighted by molar-refractivity contribution is -0.182. The molecule has 0 bridgehead atoms. The number of hydrogen-bond acceptors (Lipinski definition) is 4. The van der Waals surface area contributed by atoms with E-state index in [4.69, 9.17) is 16.1 Å². The van der Waals surface area contributed by atoms with Gasteiger partial charge in [-0.3, -0.25) is 4.99 Å². The molecule has 1 saturated carbocycles. The zero-order chi connectivity index (χ0) is 20.1. The Bertz CT molecular complexity index is 822. The number of guanidine groups is 1. The summed E-state index contributed by atoms with van der Waals surface area (Å²) < 4.78 is 43.5. The van der Waals surface area contributed by atoms with Gasteiger partial charge in [-0.15, -0.1) is 24.0 Å². The lowest BCUT2D eigenvalue weighted by Gasteiger charge is -2.31. The Morgan fingerprint density at radius 1 is 1.28 bits per heavy atom. The van der Waals surface area contributed by atoms with Crippen LogP contribution in [0, 0.1) is 5.92 Å². The molecule has 1 aliphatic rings. The first kappa shape index (κ1) is 23.7. The number of benzene rings is 1. The number of nitrogens with one attached hydrogen (secondary N) is 2. The maximum atomic E-state index is 12.8. The smallest absolute Gasteiger partial charge is 0.354 e. The third kappa shape index (κ3) is 6.73. The average Bonchev–Trinajstić information content (AvgIpc) is 3.14. The number of halogens is 5. The van der Waals surface area contributed by atoms with Crippen LogP contribution in [0.4, 0.5) is 13.2 Å². The number of nitrogens with zero attached hydrogens (tertiary/aromatic N) is 3. The molecule has 2 N–H and O–H groups in total. The van der Waals surface area contributed by atoms with Gasteiger partial charge in [0.25, 0.3) is 0 Å². The quantitative estimate of drug-likeness (QED) is 0.329. The highest BCUT2D eigenvalue weighted by atomic mass is 127. The van der Waals surface area contributed by atoms with Crippen molar-refractivity contribution in [3.63, 3.8) is 0 Å². The van der Waals surface area contributed by atoms with E-state index in [-0.39, 0.29) is 49.4 Å². The van der Waals surface area contributed by atoms with E-state index in [0.717, 1.165) is 5.56 Å². The zero-order valence-corrected chi connectivity index (χ0v) is 18.8. The minimum absolute atomic E-state index is 0. The standard InChI is InChI=1S/C18H21ClF3N5O.HI/c1-23-17(25-14-7-5-12(6-8-14)18(20,21)22)24-10-15-26-16(27-28-15)11-3-2-4-13(19)9-11;/h2-4,9,12,14H,5-8,10H2,1H3,(H2,23,24,25);1H. The second-order valence-corrected chi connectivity index (χ2v) is 7.12. The maximum absolute atomic E-state index is 12.8. The Kier molecular flexibility index (Phi) is 8.56. The van der Waals surface area contributed by atoms with Gasteiger partial charge in [0, 0.05) is 23.7 Å². The predicted octanol–water partition coefficient (Wildman–Crippen LogP) is 4.79. The minimum atomic E-state index is -4.11. The van der Waals surface area contributed by atoms with Gasteiger partial charge in [0.2, 0.25) is 11.7 Å². The third-order valence-electron chi connectivity index (χ3n) is 4.71. The molecule has 6 nitrogen and oxygen atoms in total. The van der Waals surface area contributed by atoms with Crippen molar-refractivity contribution >= 4 is 41.5 Å². The van der Waals surface area contributed by atoms with Gasteiger partial charge in [-0.25, -0.2) is 0 Å². The van der Waals surface area contributed by atoms with Crippen LogP contribution in [0.25, 0.3) is 11.4 Å². The fourth-order valence-electron chi connectivity index (χ4n) is 3.18. The predicted molar refractivity (Wildman–Crippen MR) is 115 cm³/mol. The summed E-state index contributed by atoms with van der Waals surface area (Å²) in [6, 6.07) is 7.07. The molecule has 1 fully saturated rings. The topological polar surface area (TPSA) is 75.3 Å². The number of aliphatic imine (C=N–C) groups is 1. The average molecular weight is 544 g/mol. The molecule has 3 rings (SSSR count). The van der Waals surface area contributed by atoms with E-state index in [1.54, 1.807) is 25.2 Å². The summed E-state index contributed by atoms with van der Waals surface area (Å²) in [6.07, 6.45) is -2.95. The van der Waals surface area contributed by atoms with E-state index in [0.29, 0.717) is 35.5 Å². The summed E-state index contributed by atoms with van der Waals surface area (Å²) in [4.78, 5) is 8.41. The molecule has 29 heavy (non-hydrogen) atoms. The fourth-order valence-corrected chi connectivity index (χ4v) is 3.37. The first-order valence-electron chi connectivity index (χ1n) is 8.97. The molecule has 0 radical (unpaired) electrons. The summed E-state index contributed by atoms with van der Waals surface area (Å²) in [5.74, 6) is 0.0632. The molecule has 11 heteroatoms. The fraction of sp³-hybridized carbons (Fsp3) is 0.500. The van der Waals surface area contributed by atoms with Crippen molar-refractivity contribution in [1.29, 1.82) is 0 Å². The Labute approximate surface area is 188 Å². The van der Waals surface area contributed by atoms with Crippen LogP contribution in [0.5, 0.6) is 0 Å². The molecule has 2 aromatic rings. The summed E-state index contributed by atoms with van der Waals surface area (Å²) in [5.41, 5.74) is 0.742. The highest BCUT2D eigenvalue weighted by molar-refractivity contribution is 14.0. The largest absolute Gasteiger partial charge is 0.391 e. The normalized spacial score (nSPS) is 20.1. The Morgan fingerprint density at radius 2 is 2.00 bits per heavy atom. The van der Waals surface area contributed by atoms with Gasteiger partial charge >= 0.3 is 6.18 Å². The zero-order valence-electron chi connectivity index (χ0n) is 15.7. The molecule has 160 valence electrons. The van der Waals surface area contributed by atoms with Crippen molar-refractivity contribution in [2.75, 3.05) is 7.05 Å². The first-order chi connectivity index (χ1) is 13.3. The molecular formula is C18H22ClF3IN5O. The van der Waals surface area contributed by atoms with E-state index in [2.05, 4.69) is 25.8 Å². The van der Waals surface area contributed by atoms with Crippen molar-refractivity contribution in [2.45, 2.75) is 44.4 Å². The Balaban J connectivity index is 0.00000300. The summed E-state index contributed by atoms with van der Waals surface area (Å²) in [6.45, 7) is 0.241. The van der Waals surface area contributed by atoms with Gasteiger partial charge in [0.05, 0.1) is 12.5 Å². The molecule has 1 heterocycles. The van der Waals surface area contributed by atoms with E-state index in [9.17, 15) is 13.2 Å². The van der Waals surface area contributed by atoms with Crippen molar-refractivity contribution in [1.82, 2.24) is 20.8 Å². The van der Waals surface area contributed by atoms with Gasteiger partial charge in [-0.2, -0.15) is 18.2 Å². The second kappa shape index (κ2) is 10.5.